The smallest absolute Gasteiger partial charge is 0.282 e. The third-order valence-corrected chi connectivity index (χ3v) is 4.24. The summed E-state index contributed by atoms with van der Waals surface area (Å²) in [6.07, 6.45) is 2.37. The van der Waals surface area contributed by atoms with Gasteiger partial charge in [-0.2, -0.15) is 0 Å². The maximum absolute atomic E-state index is 13.7. The zero-order chi connectivity index (χ0) is 14.7. The number of hydrogen-bond acceptors (Lipinski definition) is 1. The zero-order valence-electron chi connectivity index (χ0n) is 11.9. The van der Waals surface area contributed by atoms with Gasteiger partial charge in [-0.05, 0) is 38.0 Å². The van der Waals surface area contributed by atoms with Gasteiger partial charge in [0, 0.05) is 10.9 Å². The molecular formula is C15H21ClFN2O+. The summed E-state index contributed by atoms with van der Waals surface area (Å²) in [6.45, 7) is 6.11. The minimum absolute atomic E-state index is 0.143. The lowest BCUT2D eigenvalue weighted by atomic mass is 9.99. The van der Waals surface area contributed by atoms with Crippen LogP contribution in [0.25, 0.3) is 0 Å². The molecule has 0 spiro atoms. The van der Waals surface area contributed by atoms with Crippen LogP contribution in [0.15, 0.2) is 18.2 Å². The highest BCUT2D eigenvalue weighted by Crippen LogP contribution is 2.18. The van der Waals surface area contributed by atoms with E-state index in [9.17, 15) is 9.18 Å². The van der Waals surface area contributed by atoms with Crippen LogP contribution in [0.1, 0.15) is 26.7 Å². The van der Waals surface area contributed by atoms with E-state index in [2.05, 4.69) is 12.2 Å². The predicted molar refractivity (Wildman–Crippen MR) is 78.6 cm³/mol. The number of halogens is 2. The van der Waals surface area contributed by atoms with Crippen LogP contribution in [-0.4, -0.2) is 25.0 Å². The van der Waals surface area contributed by atoms with Crippen molar-refractivity contribution in [2.75, 3.05) is 18.4 Å². The Hall–Kier alpha value is -1.13. The SMILES string of the molecule is C[C@@H]1CCC[NH+]([C@@H](C)C(=O)Nc2ccc(Cl)cc2F)C1. The molecule has 0 radical (unpaired) electrons. The van der Waals surface area contributed by atoms with Crippen molar-refractivity contribution in [3.8, 4) is 0 Å². The van der Waals surface area contributed by atoms with Crippen LogP contribution in [0.4, 0.5) is 10.1 Å². The predicted octanol–water partition coefficient (Wildman–Crippen LogP) is 2.12. The fraction of sp³-hybridized carbons (Fsp3) is 0.533. The molecule has 5 heteroatoms. The summed E-state index contributed by atoms with van der Waals surface area (Å²) in [5, 5.41) is 2.98. The first kappa shape index (κ1) is 15.3. The Kier molecular flexibility index (Phi) is 5.00. The van der Waals surface area contributed by atoms with E-state index >= 15 is 0 Å². The highest BCUT2D eigenvalue weighted by molar-refractivity contribution is 6.30. The molecule has 2 N–H and O–H groups in total. The molecular weight excluding hydrogens is 279 g/mol. The summed E-state index contributed by atoms with van der Waals surface area (Å²) in [6, 6.07) is 4.10. The molecule has 1 unspecified atom stereocenters. The first-order valence-corrected chi connectivity index (χ1v) is 7.45. The number of anilines is 1. The molecule has 0 saturated carbocycles. The van der Waals surface area contributed by atoms with Gasteiger partial charge in [-0.1, -0.05) is 18.5 Å². The largest absolute Gasteiger partial charge is 0.325 e. The van der Waals surface area contributed by atoms with Gasteiger partial charge in [0.25, 0.3) is 5.91 Å². The second-order valence-electron chi connectivity index (χ2n) is 5.69. The van der Waals surface area contributed by atoms with Gasteiger partial charge in [-0.25, -0.2) is 4.39 Å². The Labute approximate surface area is 124 Å². The lowest BCUT2D eigenvalue weighted by molar-refractivity contribution is -0.922. The molecule has 0 bridgehead atoms. The van der Waals surface area contributed by atoms with Gasteiger partial charge in [0.2, 0.25) is 0 Å². The van der Waals surface area contributed by atoms with E-state index in [-0.39, 0.29) is 17.6 Å². The number of likely N-dealkylation sites (tertiary alicyclic amines) is 1. The van der Waals surface area contributed by atoms with E-state index in [1.807, 2.05) is 6.92 Å². The summed E-state index contributed by atoms with van der Waals surface area (Å²) >= 11 is 5.70. The van der Waals surface area contributed by atoms with E-state index in [0.717, 1.165) is 19.5 Å². The molecule has 1 aromatic carbocycles. The zero-order valence-corrected chi connectivity index (χ0v) is 12.6. The van der Waals surface area contributed by atoms with Crippen molar-refractivity contribution in [1.82, 2.24) is 0 Å². The van der Waals surface area contributed by atoms with Gasteiger partial charge in [-0.15, -0.1) is 0 Å². The van der Waals surface area contributed by atoms with Gasteiger partial charge in [0.05, 0.1) is 18.8 Å². The molecule has 1 amide bonds. The third kappa shape index (κ3) is 3.70. The van der Waals surface area contributed by atoms with Crippen LogP contribution in [0, 0.1) is 11.7 Å². The number of rotatable bonds is 3. The Morgan fingerprint density at radius 2 is 2.30 bits per heavy atom. The van der Waals surface area contributed by atoms with E-state index in [4.69, 9.17) is 11.6 Å². The molecule has 110 valence electrons. The molecule has 3 nitrogen and oxygen atoms in total. The van der Waals surface area contributed by atoms with Crippen molar-refractivity contribution in [3.05, 3.63) is 29.0 Å². The van der Waals surface area contributed by atoms with Crippen LogP contribution in [0.5, 0.6) is 0 Å². The molecule has 0 aromatic heterocycles. The second-order valence-corrected chi connectivity index (χ2v) is 6.13. The number of hydrogen-bond donors (Lipinski definition) is 2. The standard InChI is InChI=1S/C15H20ClFN2O/c1-10-4-3-7-19(9-10)11(2)15(20)18-14-6-5-12(16)8-13(14)17/h5-6,8,10-11H,3-4,7,9H2,1-2H3,(H,18,20)/p+1/t10-,11+/m1/s1. The van der Waals surface area contributed by atoms with Crippen LogP contribution in [0.3, 0.4) is 0 Å². The number of benzene rings is 1. The molecule has 2 rings (SSSR count). The number of carbonyl (C=O) groups is 1. The normalized spacial score (nSPS) is 24.2. The van der Waals surface area contributed by atoms with Crippen molar-refractivity contribution in [2.45, 2.75) is 32.7 Å². The lowest BCUT2D eigenvalue weighted by Gasteiger charge is -2.31. The van der Waals surface area contributed by atoms with Gasteiger partial charge in [0.15, 0.2) is 6.04 Å². The van der Waals surface area contributed by atoms with Gasteiger partial charge >= 0.3 is 0 Å². The van der Waals surface area contributed by atoms with Crippen molar-refractivity contribution in [1.29, 1.82) is 0 Å². The fourth-order valence-corrected chi connectivity index (χ4v) is 2.90. The minimum atomic E-state index is -0.500. The minimum Gasteiger partial charge on any atom is -0.325 e. The highest BCUT2D eigenvalue weighted by atomic mass is 35.5. The average molecular weight is 300 g/mol. The van der Waals surface area contributed by atoms with Crippen molar-refractivity contribution in [2.24, 2.45) is 5.92 Å². The summed E-state index contributed by atoms with van der Waals surface area (Å²) in [5.74, 6) is -0.00310. The highest BCUT2D eigenvalue weighted by Gasteiger charge is 2.29. The van der Waals surface area contributed by atoms with E-state index in [1.165, 1.54) is 23.5 Å². The Bertz CT molecular complexity index is 495. The maximum Gasteiger partial charge on any atom is 0.282 e. The van der Waals surface area contributed by atoms with Crippen LogP contribution >= 0.6 is 11.6 Å². The van der Waals surface area contributed by atoms with E-state index in [0.29, 0.717) is 10.9 Å². The van der Waals surface area contributed by atoms with Crippen LogP contribution in [0.2, 0.25) is 5.02 Å². The monoisotopic (exact) mass is 299 g/mol. The molecule has 20 heavy (non-hydrogen) atoms. The molecule has 1 aliphatic heterocycles. The summed E-state index contributed by atoms with van der Waals surface area (Å²) in [4.78, 5) is 13.5. The van der Waals surface area contributed by atoms with Gasteiger partial charge < -0.3 is 10.2 Å². The average Bonchev–Trinajstić information content (AvgIpc) is 2.41. The molecule has 3 atom stereocenters. The fourth-order valence-electron chi connectivity index (χ4n) is 2.74. The van der Waals surface area contributed by atoms with Crippen molar-refractivity contribution >= 4 is 23.2 Å². The van der Waals surface area contributed by atoms with E-state index < -0.39 is 5.82 Å². The van der Waals surface area contributed by atoms with Crippen LogP contribution < -0.4 is 10.2 Å². The van der Waals surface area contributed by atoms with Crippen molar-refractivity contribution < 1.29 is 14.1 Å². The number of quaternary nitrogens is 1. The van der Waals surface area contributed by atoms with E-state index in [1.54, 1.807) is 6.07 Å². The Morgan fingerprint density at radius 3 is 2.95 bits per heavy atom. The van der Waals surface area contributed by atoms with Crippen molar-refractivity contribution in [3.63, 3.8) is 0 Å². The first-order chi connectivity index (χ1) is 9.47. The second kappa shape index (κ2) is 6.55. The Morgan fingerprint density at radius 1 is 1.55 bits per heavy atom. The summed E-state index contributed by atoms with van der Waals surface area (Å²) in [5.41, 5.74) is 0.190. The van der Waals surface area contributed by atoms with Crippen LogP contribution in [-0.2, 0) is 4.79 Å². The maximum atomic E-state index is 13.7. The number of amides is 1. The molecule has 1 fully saturated rings. The molecule has 1 aromatic rings. The molecule has 1 saturated heterocycles. The number of carbonyl (C=O) groups excluding carboxylic acids is 1. The Balaban J connectivity index is 2.00. The number of piperidine rings is 1. The quantitative estimate of drug-likeness (QED) is 0.881. The molecule has 1 heterocycles. The lowest BCUT2D eigenvalue weighted by Crippen LogP contribution is -3.17. The summed E-state index contributed by atoms with van der Waals surface area (Å²) < 4.78 is 13.7. The van der Waals surface area contributed by atoms with Gasteiger partial charge in [-0.3, -0.25) is 4.79 Å². The topological polar surface area (TPSA) is 33.5 Å². The molecule has 1 aliphatic rings. The third-order valence-electron chi connectivity index (χ3n) is 4.00. The summed E-state index contributed by atoms with van der Waals surface area (Å²) in [7, 11) is 0. The molecule has 0 aliphatic carbocycles. The van der Waals surface area contributed by atoms with Gasteiger partial charge in [0.1, 0.15) is 5.82 Å². The first-order valence-electron chi connectivity index (χ1n) is 7.08. The number of nitrogens with one attached hydrogen (secondary N) is 2.